The van der Waals surface area contributed by atoms with Crippen molar-refractivity contribution >= 4 is 11.6 Å². The molecule has 1 N–H and O–H groups in total. The van der Waals surface area contributed by atoms with Crippen molar-refractivity contribution in [3.8, 4) is 0 Å². The predicted octanol–water partition coefficient (Wildman–Crippen LogP) is 2.77. The van der Waals surface area contributed by atoms with Crippen LogP contribution in [0.3, 0.4) is 0 Å². The minimum Gasteiger partial charge on any atom is -0.381 e. The Morgan fingerprint density at radius 1 is 1.50 bits per heavy atom. The van der Waals surface area contributed by atoms with Crippen molar-refractivity contribution in [2.24, 2.45) is 5.92 Å². The van der Waals surface area contributed by atoms with E-state index < -0.39 is 0 Å². The van der Waals surface area contributed by atoms with Crippen molar-refractivity contribution in [3.63, 3.8) is 0 Å². The van der Waals surface area contributed by atoms with E-state index in [9.17, 15) is 0 Å². The average molecular weight is 240 g/mol. The minimum atomic E-state index is 0.671. The van der Waals surface area contributed by atoms with E-state index in [-0.39, 0.29) is 0 Å². The number of aryl methyl sites for hydroxylation is 1. The van der Waals surface area contributed by atoms with E-state index in [0.29, 0.717) is 5.92 Å². The maximum Gasteiger partial charge on any atom is 0.0507 e. The molecule has 16 heavy (non-hydrogen) atoms. The van der Waals surface area contributed by atoms with Gasteiger partial charge in [0.1, 0.15) is 0 Å². The lowest BCUT2D eigenvalue weighted by Gasteiger charge is -2.10. The summed E-state index contributed by atoms with van der Waals surface area (Å²) in [4.78, 5) is 0. The summed E-state index contributed by atoms with van der Waals surface area (Å²) < 4.78 is 5.33. The molecule has 3 heteroatoms. The second kappa shape index (κ2) is 5.67. The minimum absolute atomic E-state index is 0.671. The summed E-state index contributed by atoms with van der Waals surface area (Å²) in [7, 11) is 0. The Kier molecular flexibility index (Phi) is 4.22. The molecule has 0 radical (unpaired) electrons. The quantitative estimate of drug-likeness (QED) is 0.873. The zero-order chi connectivity index (χ0) is 11.4. The van der Waals surface area contributed by atoms with Crippen LogP contribution >= 0.6 is 11.6 Å². The van der Waals surface area contributed by atoms with E-state index in [4.69, 9.17) is 16.3 Å². The normalized spacial score (nSPS) is 20.2. The molecule has 1 atom stereocenters. The van der Waals surface area contributed by atoms with E-state index in [2.05, 4.69) is 24.4 Å². The summed E-state index contributed by atoms with van der Waals surface area (Å²) in [5.74, 6) is 0.671. The number of benzene rings is 1. The first kappa shape index (κ1) is 11.9. The van der Waals surface area contributed by atoms with Crippen LogP contribution in [-0.2, 0) is 11.3 Å². The molecule has 1 saturated heterocycles. The fourth-order valence-corrected chi connectivity index (χ4v) is 2.25. The van der Waals surface area contributed by atoms with Crippen LogP contribution in [0, 0.1) is 12.8 Å². The molecule has 0 spiro atoms. The van der Waals surface area contributed by atoms with Crippen molar-refractivity contribution in [2.45, 2.75) is 19.9 Å². The molecule has 1 aromatic carbocycles. The molecular weight excluding hydrogens is 222 g/mol. The first-order chi connectivity index (χ1) is 7.75. The van der Waals surface area contributed by atoms with Gasteiger partial charge in [-0.25, -0.2) is 0 Å². The zero-order valence-corrected chi connectivity index (χ0v) is 10.4. The van der Waals surface area contributed by atoms with Crippen molar-refractivity contribution in [1.29, 1.82) is 0 Å². The molecule has 1 fully saturated rings. The molecule has 0 aliphatic carbocycles. The van der Waals surface area contributed by atoms with E-state index in [1.165, 1.54) is 17.5 Å². The van der Waals surface area contributed by atoms with Gasteiger partial charge >= 0.3 is 0 Å². The summed E-state index contributed by atoms with van der Waals surface area (Å²) >= 11 is 6.16. The number of hydrogen-bond donors (Lipinski definition) is 1. The Bertz CT molecular complexity index is 348. The summed E-state index contributed by atoms with van der Waals surface area (Å²) in [6.07, 6.45) is 1.18. The molecule has 2 nitrogen and oxygen atoms in total. The van der Waals surface area contributed by atoms with Gasteiger partial charge in [-0.05, 0) is 36.5 Å². The second-order valence-electron chi connectivity index (χ2n) is 4.46. The van der Waals surface area contributed by atoms with E-state index >= 15 is 0 Å². The molecule has 0 amide bonds. The number of rotatable bonds is 4. The number of hydrogen-bond acceptors (Lipinski definition) is 2. The smallest absolute Gasteiger partial charge is 0.0507 e. The Balaban J connectivity index is 1.80. The molecule has 1 aliphatic heterocycles. The highest BCUT2D eigenvalue weighted by atomic mass is 35.5. The van der Waals surface area contributed by atoms with Crippen LogP contribution in [0.1, 0.15) is 17.5 Å². The van der Waals surface area contributed by atoms with Gasteiger partial charge in [-0.1, -0.05) is 23.7 Å². The van der Waals surface area contributed by atoms with Crippen molar-refractivity contribution in [2.75, 3.05) is 19.8 Å². The molecule has 1 aliphatic rings. The third-order valence-electron chi connectivity index (χ3n) is 2.98. The van der Waals surface area contributed by atoms with Crippen LogP contribution in [0.2, 0.25) is 5.02 Å². The fraction of sp³-hybridized carbons (Fsp3) is 0.538. The maximum absolute atomic E-state index is 6.16. The third-order valence-corrected chi connectivity index (χ3v) is 3.33. The highest BCUT2D eigenvalue weighted by molar-refractivity contribution is 6.31. The Morgan fingerprint density at radius 3 is 3.06 bits per heavy atom. The van der Waals surface area contributed by atoms with Gasteiger partial charge < -0.3 is 10.1 Å². The van der Waals surface area contributed by atoms with Crippen molar-refractivity contribution in [3.05, 3.63) is 34.3 Å². The third kappa shape index (κ3) is 3.21. The average Bonchev–Trinajstić information content (AvgIpc) is 2.74. The van der Waals surface area contributed by atoms with Crippen molar-refractivity contribution < 1.29 is 4.74 Å². The lowest BCUT2D eigenvalue weighted by atomic mass is 10.1. The molecule has 88 valence electrons. The predicted molar refractivity (Wildman–Crippen MR) is 66.8 cm³/mol. The molecule has 1 unspecified atom stereocenters. The summed E-state index contributed by atoms with van der Waals surface area (Å²) in [5, 5.41) is 4.30. The molecule has 1 aromatic rings. The first-order valence-electron chi connectivity index (χ1n) is 5.79. The van der Waals surface area contributed by atoms with Crippen LogP contribution in [0.25, 0.3) is 0 Å². The van der Waals surface area contributed by atoms with E-state index in [0.717, 1.165) is 31.3 Å². The van der Waals surface area contributed by atoms with E-state index in [1.54, 1.807) is 0 Å². The molecule has 0 aromatic heterocycles. The molecule has 2 rings (SSSR count). The van der Waals surface area contributed by atoms with E-state index in [1.807, 2.05) is 6.07 Å². The Morgan fingerprint density at radius 2 is 2.38 bits per heavy atom. The molecule has 0 saturated carbocycles. The van der Waals surface area contributed by atoms with Gasteiger partial charge in [-0.2, -0.15) is 0 Å². The number of ether oxygens (including phenoxy) is 1. The van der Waals surface area contributed by atoms with Gasteiger partial charge in [-0.15, -0.1) is 0 Å². The fourth-order valence-electron chi connectivity index (χ4n) is 1.95. The molecule has 1 heterocycles. The van der Waals surface area contributed by atoms with Crippen LogP contribution < -0.4 is 5.32 Å². The Labute approximate surface area is 102 Å². The van der Waals surface area contributed by atoms with Crippen molar-refractivity contribution in [1.82, 2.24) is 5.32 Å². The van der Waals surface area contributed by atoms with Gasteiger partial charge in [0.2, 0.25) is 0 Å². The van der Waals surface area contributed by atoms with Gasteiger partial charge in [0, 0.05) is 24.7 Å². The van der Waals surface area contributed by atoms with Gasteiger partial charge in [0.15, 0.2) is 0 Å². The second-order valence-corrected chi connectivity index (χ2v) is 4.86. The monoisotopic (exact) mass is 239 g/mol. The van der Waals surface area contributed by atoms with Crippen LogP contribution in [-0.4, -0.2) is 19.8 Å². The lowest BCUT2D eigenvalue weighted by Crippen LogP contribution is -2.22. The van der Waals surface area contributed by atoms with Crippen LogP contribution in [0.5, 0.6) is 0 Å². The molecular formula is C13H18ClNO. The summed E-state index contributed by atoms with van der Waals surface area (Å²) in [5.41, 5.74) is 2.38. The lowest BCUT2D eigenvalue weighted by molar-refractivity contribution is 0.185. The SMILES string of the molecule is Cc1ccc(CNCC2CCOC2)c(Cl)c1. The van der Waals surface area contributed by atoms with Crippen LogP contribution in [0.4, 0.5) is 0 Å². The maximum atomic E-state index is 6.16. The number of nitrogens with one attached hydrogen (secondary N) is 1. The highest BCUT2D eigenvalue weighted by Crippen LogP contribution is 2.17. The largest absolute Gasteiger partial charge is 0.381 e. The van der Waals surface area contributed by atoms with Gasteiger partial charge in [-0.3, -0.25) is 0 Å². The highest BCUT2D eigenvalue weighted by Gasteiger charge is 2.14. The van der Waals surface area contributed by atoms with Gasteiger partial charge in [0.25, 0.3) is 0 Å². The number of halogens is 1. The summed E-state index contributed by atoms with van der Waals surface area (Å²) in [6.45, 7) is 5.73. The Hall–Kier alpha value is -0.570. The van der Waals surface area contributed by atoms with Gasteiger partial charge in [0.05, 0.1) is 6.61 Å². The zero-order valence-electron chi connectivity index (χ0n) is 9.63. The topological polar surface area (TPSA) is 21.3 Å². The summed E-state index contributed by atoms with van der Waals surface area (Å²) in [6, 6.07) is 6.20. The first-order valence-corrected chi connectivity index (χ1v) is 6.17. The molecule has 0 bridgehead atoms. The standard InChI is InChI=1S/C13H18ClNO/c1-10-2-3-12(13(14)6-10)8-15-7-11-4-5-16-9-11/h2-3,6,11,15H,4-5,7-9H2,1H3. The van der Waals surface area contributed by atoms with Crippen LogP contribution in [0.15, 0.2) is 18.2 Å².